The van der Waals surface area contributed by atoms with Crippen LogP contribution in [0, 0.1) is 0 Å². The fraction of sp³-hybridized carbons (Fsp3) is 0.0500. The van der Waals surface area contributed by atoms with Gasteiger partial charge in [-0.25, -0.2) is 0 Å². The first kappa shape index (κ1) is 17.9. The van der Waals surface area contributed by atoms with E-state index in [1.54, 1.807) is 11.8 Å². The van der Waals surface area contributed by atoms with Gasteiger partial charge in [0.05, 0.1) is 0 Å². The van der Waals surface area contributed by atoms with E-state index in [0.29, 0.717) is 4.73 Å². The van der Waals surface area contributed by atoms with E-state index in [-0.39, 0.29) is 0 Å². The molecule has 3 rings (SSSR count). The number of rotatable bonds is 5. The summed E-state index contributed by atoms with van der Waals surface area (Å²) in [6.45, 7) is 0. The number of benzene rings is 3. The standard InChI is InChI=1S/C20H18NOPS2/c1-25-19-14-8-9-16(15-19)21-20(24)23(22,17-10-4-2-5-11-17)18-12-6-3-7-13-18/h2-15H,1H3,(H,21,24). The molecule has 0 aliphatic rings. The molecule has 0 aromatic heterocycles. The number of thioether (sulfide) groups is 1. The third-order valence-corrected chi connectivity index (χ3v) is 8.18. The highest BCUT2D eigenvalue weighted by Gasteiger charge is 2.32. The van der Waals surface area contributed by atoms with Gasteiger partial charge in [-0.2, -0.15) is 0 Å². The topological polar surface area (TPSA) is 29.1 Å². The third-order valence-electron chi connectivity index (χ3n) is 3.85. The Morgan fingerprint density at radius 1 is 0.880 bits per heavy atom. The summed E-state index contributed by atoms with van der Waals surface area (Å²) in [6.07, 6.45) is 2.02. The Labute approximate surface area is 158 Å². The van der Waals surface area contributed by atoms with Gasteiger partial charge in [-0.15, -0.1) is 11.8 Å². The second-order valence-electron chi connectivity index (χ2n) is 5.44. The molecule has 0 saturated heterocycles. The summed E-state index contributed by atoms with van der Waals surface area (Å²) in [4.78, 5) is 1.13. The number of nitrogens with one attached hydrogen (secondary N) is 1. The number of hydrogen-bond acceptors (Lipinski definition) is 3. The molecule has 126 valence electrons. The van der Waals surface area contributed by atoms with Gasteiger partial charge < -0.3 is 9.88 Å². The summed E-state index contributed by atoms with van der Waals surface area (Å²) >= 11 is 7.29. The van der Waals surface area contributed by atoms with Gasteiger partial charge in [0, 0.05) is 21.2 Å². The minimum Gasteiger partial charge on any atom is -0.343 e. The molecule has 0 saturated carbocycles. The Morgan fingerprint density at radius 2 is 1.44 bits per heavy atom. The van der Waals surface area contributed by atoms with Crippen molar-refractivity contribution >= 4 is 52.1 Å². The van der Waals surface area contributed by atoms with E-state index in [1.165, 1.54) is 0 Å². The highest BCUT2D eigenvalue weighted by atomic mass is 32.2. The summed E-state index contributed by atoms with van der Waals surface area (Å²) in [6, 6.07) is 26.8. The van der Waals surface area contributed by atoms with Gasteiger partial charge in [0.2, 0.25) is 0 Å². The lowest BCUT2D eigenvalue weighted by Gasteiger charge is -2.21. The highest BCUT2D eigenvalue weighted by molar-refractivity contribution is 8.08. The fourth-order valence-corrected chi connectivity index (χ4v) is 6.01. The zero-order valence-electron chi connectivity index (χ0n) is 13.8. The zero-order valence-corrected chi connectivity index (χ0v) is 16.3. The smallest absolute Gasteiger partial charge is 0.197 e. The Kier molecular flexibility index (Phi) is 5.74. The summed E-state index contributed by atoms with van der Waals surface area (Å²) < 4.78 is 14.4. The number of anilines is 1. The molecule has 0 unspecified atom stereocenters. The van der Waals surface area contributed by atoms with Crippen molar-refractivity contribution in [2.75, 3.05) is 11.6 Å². The van der Waals surface area contributed by atoms with Crippen molar-refractivity contribution in [2.45, 2.75) is 4.90 Å². The van der Waals surface area contributed by atoms with Gasteiger partial charge in [-0.1, -0.05) is 78.9 Å². The SMILES string of the molecule is CSc1cccc(NC(=S)P(=O)(c2ccccc2)c2ccccc2)c1. The van der Waals surface area contributed by atoms with Crippen molar-refractivity contribution in [3.05, 3.63) is 84.9 Å². The van der Waals surface area contributed by atoms with E-state index in [1.807, 2.05) is 91.2 Å². The van der Waals surface area contributed by atoms with Crippen molar-refractivity contribution in [1.82, 2.24) is 0 Å². The molecule has 0 heterocycles. The van der Waals surface area contributed by atoms with E-state index >= 15 is 0 Å². The van der Waals surface area contributed by atoms with Crippen LogP contribution in [-0.2, 0) is 4.57 Å². The van der Waals surface area contributed by atoms with Gasteiger partial charge in [-0.3, -0.25) is 0 Å². The van der Waals surface area contributed by atoms with Crippen LogP contribution in [0.1, 0.15) is 0 Å². The molecule has 3 aromatic carbocycles. The van der Waals surface area contributed by atoms with Crippen LogP contribution in [0.3, 0.4) is 0 Å². The average molecular weight is 383 g/mol. The normalized spacial score (nSPS) is 11.1. The Morgan fingerprint density at radius 3 is 1.96 bits per heavy atom. The van der Waals surface area contributed by atoms with Crippen LogP contribution in [0.15, 0.2) is 89.8 Å². The van der Waals surface area contributed by atoms with Crippen LogP contribution in [0.25, 0.3) is 0 Å². The molecule has 25 heavy (non-hydrogen) atoms. The predicted molar refractivity (Wildman–Crippen MR) is 114 cm³/mol. The summed E-state index contributed by atoms with van der Waals surface area (Å²) in [5.41, 5.74) is 0.851. The van der Waals surface area contributed by atoms with E-state index in [9.17, 15) is 4.57 Å². The maximum absolute atomic E-state index is 14.1. The van der Waals surface area contributed by atoms with Gasteiger partial charge in [-0.05, 0) is 24.5 Å². The molecule has 0 radical (unpaired) electrons. The Bertz CT molecular complexity index is 870. The lowest BCUT2D eigenvalue weighted by molar-refractivity contribution is 0.594. The van der Waals surface area contributed by atoms with Gasteiger partial charge >= 0.3 is 0 Å². The van der Waals surface area contributed by atoms with E-state index < -0.39 is 7.14 Å². The second kappa shape index (κ2) is 8.01. The van der Waals surface area contributed by atoms with Gasteiger partial charge in [0.1, 0.15) is 4.73 Å². The largest absolute Gasteiger partial charge is 0.343 e. The number of hydrogen-bond donors (Lipinski definition) is 1. The van der Waals surface area contributed by atoms with Crippen LogP contribution in [0.2, 0.25) is 0 Å². The van der Waals surface area contributed by atoms with Crippen molar-refractivity contribution in [3.63, 3.8) is 0 Å². The molecule has 0 bridgehead atoms. The molecule has 0 aliphatic heterocycles. The molecule has 5 heteroatoms. The van der Waals surface area contributed by atoms with Crippen molar-refractivity contribution < 1.29 is 4.57 Å². The maximum atomic E-state index is 14.1. The number of thiocarbonyl (C=S) groups is 1. The molecule has 3 aromatic rings. The molecular formula is C20H18NOPS2. The highest BCUT2D eigenvalue weighted by Crippen LogP contribution is 2.45. The maximum Gasteiger partial charge on any atom is 0.197 e. The van der Waals surface area contributed by atoms with Crippen molar-refractivity contribution in [2.24, 2.45) is 0 Å². The predicted octanol–water partition coefficient (Wildman–Crippen LogP) is 5.12. The zero-order chi connectivity index (χ0) is 17.7. The van der Waals surface area contributed by atoms with Crippen LogP contribution in [0.4, 0.5) is 5.69 Å². The minimum atomic E-state index is -3.09. The monoisotopic (exact) mass is 383 g/mol. The lowest BCUT2D eigenvalue weighted by Crippen LogP contribution is -2.25. The third kappa shape index (κ3) is 3.87. The molecule has 0 aliphatic carbocycles. The van der Waals surface area contributed by atoms with E-state index in [0.717, 1.165) is 21.2 Å². The molecule has 2 nitrogen and oxygen atoms in total. The average Bonchev–Trinajstić information content (AvgIpc) is 2.68. The fourth-order valence-electron chi connectivity index (χ4n) is 2.56. The van der Waals surface area contributed by atoms with Gasteiger partial charge in [0.15, 0.2) is 7.14 Å². The Balaban J connectivity index is 2.03. The first-order chi connectivity index (χ1) is 12.1. The quantitative estimate of drug-likeness (QED) is 0.376. The Hall–Kier alpha value is -1.87. The summed E-state index contributed by atoms with van der Waals surface area (Å²) in [7, 11) is -3.09. The summed E-state index contributed by atoms with van der Waals surface area (Å²) in [5.74, 6) is 0. The van der Waals surface area contributed by atoms with Crippen molar-refractivity contribution in [3.8, 4) is 0 Å². The van der Waals surface area contributed by atoms with E-state index in [4.69, 9.17) is 12.2 Å². The molecule has 0 amide bonds. The first-order valence-corrected chi connectivity index (χ1v) is 11.2. The molecule has 0 spiro atoms. The van der Waals surface area contributed by atoms with Crippen LogP contribution < -0.4 is 15.9 Å². The minimum absolute atomic E-state index is 0.350. The molecular weight excluding hydrogens is 365 g/mol. The van der Waals surface area contributed by atoms with Crippen molar-refractivity contribution in [1.29, 1.82) is 0 Å². The first-order valence-electron chi connectivity index (χ1n) is 7.81. The molecule has 0 atom stereocenters. The van der Waals surface area contributed by atoms with Crippen LogP contribution >= 0.6 is 31.1 Å². The molecule has 0 fully saturated rings. The lowest BCUT2D eigenvalue weighted by atomic mass is 10.3. The summed E-state index contributed by atoms with van der Waals surface area (Å²) in [5, 5.41) is 4.68. The van der Waals surface area contributed by atoms with Gasteiger partial charge in [0.25, 0.3) is 0 Å². The molecule has 1 N–H and O–H groups in total. The second-order valence-corrected chi connectivity index (χ2v) is 9.73. The van der Waals surface area contributed by atoms with E-state index in [2.05, 4.69) is 5.32 Å². The van der Waals surface area contributed by atoms with Crippen LogP contribution in [-0.4, -0.2) is 11.0 Å². The van der Waals surface area contributed by atoms with Crippen LogP contribution in [0.5, 0.6) is 0 Å².